The van der Waals surface area contributed by atoms with Gasteiger partial charge in [-0.15, -0.1) is 0 Å². The number of H-pyrrole nitrogens is 1. The van der Waals surface area contributed by atoms with E-state index in [4.69, 9.17) is 14.4 Å². The van der Waals surface area contributed by atoms with Gasteiger partial charge in [0.25, 0.3) is 5.56 Å². The van der Waals surface area contributed by atoms with E-state index in [0.717, 1.165) is 11.3 Å². The third-order valence-corrected chi connectivity index (χ3v) is 4.71. The molecule has 0 aliphatic rings. The van der Waals surface area contributed by atoms with Crippen LogP contribution in [0.2, 0.25) is 0 Å². The van der Waals surface area contributed by atoms with Gasteiger partial charge in [-0.2, -0.15) is 4.98 Å². The van der Waals surface area contributed by atoms with Crippen LogP contribution in [0.5, 0.6) is 5.75 Å². The van der Waals surface area contributed by atoms with Crippen molar-refractivity contribution < 1.29 is 14.4 Å². The standard InChI is InChI=1S/C19H22N4O4S/c1-11(2)26-14-6-4-13(5-7-14)17-21-16(27-23-17)10-28-19-20-12(3)15(8-9-24)18(25)22-19/h4-7,11,24H,8-10H2,1-3H3,(H,20,22,25). The summed E-state index contributed by atoms with van der Waals surface area (Å²) in [5.41, 5.74) is 1.69. The molecule has 2 aromatic heterocycles. The van der Waals surface area contributed by atoms with Gasteiger partial charge in [-0.1, -0.05) is 16.9 Å². The zero-order valence-electron chi connectivity index (χ0n) is 15.9. The number of thioether (sulfide) groups is 1. The van der Waals surface area contributed by atoms with E-state index >= 15 is 0 Å². The predicted molar refractivity (Wildman–Crippen MR) is 105 cm³/mol. The van der Waals surface area contributed by atoms with Crippen LogP contribution in [0.15, 0.2) is 38.7 Å². The van der Waals surface area contributed by atoms with Crippen LogP contribution in [0, 0.1) is 6.92 Å². The van der Waals surface area contributed by atoms with Crippen LogP contribution in [-0.2, 0) is 12.2 Å². The Morgan fingerprint density at radius 1 is 1.25 bits per heavy atom. The zero-order valence-corrected chi connectivity index (χ0v) is 16.7. The summed E-state index contributed by atoms with van der Waals surface area (Å²) in [6.07, 6.45) is 0.397. The first kappa shape index (κ1) is 20.1. The number of aromatic nitrogens is 4. The largest absolute Gasteiger partial charge is 0.491 e. The number of aliphatic hydroxyl groups excluding tert-OH is 1. The maximum atomic E-state index is 12.1. The Kier molecular flexibility index (Phi) is 6.48. The lowest BCUT2D eigenvalue weighted by Gasteiger charge is -2.09. The molecule has 0 saturated heterocycles. The number of hydrogen-bond acceptors (Lipinski definition) is 8. The van der Waals surface area contributed by atoms with Gasteiger partial charge in [-0.25, -0.2) is 4.98 Å². The van der Waals surface area contributed by atoms with Crippen LogP contribution in [0.3, 0.4) is 0 Å². The van der Waals surface area contributed by atoms with Crippen LogP contribution in [-0.4, -0.2) is 37.9 Å². The smallest absolute Gasteiger partial charge is 0.255 e. The molecule has 0 spiro atoms. The summed E-state index contributed by atoms with van der Waals surface area (Å²) < 4.78 is 10.9. The number of benzene rings is 1. The highest BCUT2D eigenvalue weighted by Gasteiger charge is 2.12. The minimum absolute atomic E-state index is 0.0899. The lowest BCUT2D eigenvalue weighted by Crippen LogP contribution is -2.18. The molecule has 2 N–H and O–H groups in total. The van der Waals surface area contributed by atoms with E-state index in [0.29, 0.717) is 33.9 Å². The second-order valence-corrected chi connectivity index (χ2v) is 7.36. The van der Waals surface area contributed by atoms with Gasteiger partial charge in [-0.3, -0.25) is 4.79 Å². The third kappa shape index (κ3) is 4.99. The molecule has 0 fully saturated rings. The molecule has 0 radical (unpaired) electrons. The molecule has 2 heterocycles. The minimum atomic E-state index is -0.237. The first-order valence-electron chi connectivity index (χ1n) is 8.89. The predicted octanol–water partition coefficient (Wildman–Crippen LogP) is 2.74. The van der Waals surface area contributed by atoms with Crippen LogP contribution >= 0.6 is 11.8 Å². The van der Waals surface area contributed by atoms with E-state index in [1.165, 1.54) is 11.8 Å². The average molecular weight is 402 g/mol. The summed E-state index contributed by atoms with van der Waals surface area (Å²) in [5.74, 6) is 2.08. The number of aliphatic hydroxyl groups is 1. The molecule has 3 rings (SSSR count). The molecule has 148 valence electrons. The van der Waals surface area contributed by atoms with Gasteiger partial charge in [0.2, 0.25) is 11.7 Å². The Balaban J connectivity index is 1.66. The Bertz CT molecular complexity index is 982. The topological polar surface area (TPSA) is 114 Å². The van der Waals surface area contributed by atoms with Crippen LogP contribution in [0.4, 0.5) is 0 Å². The molecule has 1 aromatic carbocycles. The van der Waals surface area contributed by atoms with E-state index in [9.17, 15) is 4.79 Å². The van der Waals surface area contributed by atoms with E-state index < -0.39 is 0 Å². The molecule has 0 atom stereocenters. The normalized spacial score (nSPS) is 11.2. The van der Waals surface area contributed by atoms with Gasteiger partial charge < -0.3 is 19.4 Å². The van der Waals surface area contributed by atoms with Crippen molar-refractivity contribution in [2.75, 3.05) is 6.61 Å². The number of rotatable bonds is 8. The van der Waals surface area contributed by atoms with Crippen molar-refractivity contribution in [1.82, 2.24) is 20.1 Å². The first-order valence-corrected chi connectivity index (χ1v) is 9.88. The van der Waals surface area contributed by atoms with Crippen LogP contribution in [0.1, 0.15) is 31.0 Å². The molecular formula is C19H22N4O4S. The fraction of sp³-hybridized carbons (Fsp3) is 0.368. The van der Waals surface area contributed by atoms with Gasteiger partial charge in [0.1, 0.15) is 5.75 Å². The highest BCUT2D eigenvalue weighted by atomic mass is 32.2. The first-order chi connectivity index (χ1) is 13.5. The van der Waals surface area contributed by atoms with Gasteiger partial charge in [-0.05, 0) is 45.0 Å². The van der Waals surface area contributed by atoms with Gasteiger partial charge in [0.15, 0.2) is 5.16 Å². The molecule has 0 aliphatic carbocycles. The molecule has 0 bridgehead atoms. The Hall–Kier alpha value is -2.65. The zero-order chi connectivity index (χ0) is 20.1. The second-order valence-electron chi connectivity index (χ2n) is 6.40. The Labute approximate surface area is 166 Å². The maximum Gasteiger partial charge on any atom is 0.255 e. The fourth-order valence-electron chi connectivity index (χ4n) is 2.57. The van der Waals surface area contributed by atoms with Crippen molar-refractivity contribution in [2.45, 2.75) is 44.2 Å². The summed E-state index contributed by atoms with van der Waals surface area (Å²) in [6, 6.07) is 7.49. The van der Waals surface area contributed by atoms with E-state index in [1.54, 1.807) is 6.92 Å². The Morgan fingerprint density at radius 2 is 2.00 bits per heavy atom. The van der Waals surface area contributed by atoms with Gasteiger partial charge in [0, 0.05) is 29.8 Å². The monoisotopic (exact) mass is 402 g/mol. The molecule has 28 heavy (non-hydrogen) atoms. The van der Waals surface area contributed by atoms with Crippen molar-refractivity contribution in [1.29, 1.82) is 0 Å². The van der Waals surface area contributed by atoms with Crippen molar-refractivity contribution in [2.24, 2.45) is 0 Å². The van der Waals surface area contributed by atoms with Crippen molar-refractivity contribution in [3.05, 3.63) is 51.8 Å². The number of aryl methyl sites for hydroxylation is 1. The van der Waals surface area contributed by atoms with Gasteiger partial charge in [0.05, 0.1) is 11.9 Å². The highest BCUT2D eigenvalue weighted by Crippen LogP contribution is 2.23. The summed E-state index contributed by atoms with van der Waals surface area (Å²) in [4.78, 5) is 23.5. The third-order valence-electron chi connectivity index (χ3n) is 3.85. The van der Waals surface area contributed by atoms with E-state index in [-0.39, 0.29) is 24.7 Å². The minimum Gasteiger partial charge on any atom is -0.491 e. The summed E-state index contributed by atoms with van der Waals surface area (Å²) in [6.45, 7) is 5.61. The van der Waals surface area contributed by atoms with Crippen LogP contribution < -0.4 is 10.3 Å². The Morgan fingerprint density at radius 3 is 2.64 bits per heavy atom. The van der Waals surface area contributed by atoms with Crippen molar-refractivity contribution >= 4 is 11.8 Å². The SMILES string of the molecule is Cc1nc(SCc2nc(-c3ccc(OC(C)C)cc3)no2)[nH]c(=O)c1CCO. The number of hydrogen-bond donors (Lipinski definition) is 2. The lowest BCUT2D eigenvalue weighted by molar-refractivity contribution is 0.242. The molecule has 0 aliphatic heterocycles. The second kappa shape index (κ2) is 9.03. The molecular weight excluding hydrogens is 380 g/mol. The van der Waals surface area contributed by atoms with Gasteiger partial charge >= 0.3 is 0 Å². The van der Waals surface area contributed by atoms with Crippen molar-refractivity contribution in [3.8, 4) is 17.1 Å². The number of aromatic amines is 1. The summed E-state index contributed by atoms with van der Waals surface area (Å²) >= 11 is 1.30. The fourth-order valence-corrected chi connectivity index (χ4v) is 3.32. The number of ether oxygens (including phenoxy) is 1. The van der Waals surface area contributed by atoms with Crippen molar-refractivity contribution in [3.63, 3.8) is 0 Å². The summed E-state index contributed by atoms with van der Waals surface area (Å²) in [5, 5.41) is 13.5. The van der Waals surface area contributed by atoms with E-state index in [1.807, 2.05) is 38.1 Å². The quantitative estimate of drug-likeness (QED) is 0.437. The molecule has 3 aromatic rings. The van der Waals surface area contributed by atoms with Crippen LogP contribution in [0.25, 0.3) is 11.4 Å². The number of nitrogens with zero attached hydrogens (tertiary/aromatic N) is 3. The average Bonchev–Trinajstić information content (AvgIpc) is 3.12. The lowest BCUT2D eigenvalue weighted by atomic mass is 10.2. The molecule has 0 unspecified atom stereocenters. The molecule has 8 nitrogen and oxygen atoms in total. The summed E-state index contributed by atoms with van der Waals surface area (Å²) in [7, 11) is 0. The molecule has 0 saturated carbocycles. The molecule has 9 heteroatoms. The highest BCUT2D eigenvalue weighted by molar-refractivity contribution is 7.98. The number of nitrogens with one attached hydrogen (secondary N) is 1. The maximum absolute atomic E-state index is 12.1. The van der Waals surface area contributed by atoms with E-state index in [2.05, 4.69) is 20.1 Å². The molecule has 0 amide bonds.